The molecule has 0 aliphatic carbocycles. The molecule has 0 bridgehead atoms. The van der Waals surface area contributed by atoms with E-state index in [1.807, 2.05) is 24.3 Å². The molecule has 6 nitrogen and oxygen atoms in total. The monoisotopic (exact) mass is 424 g/mol. The van der Waals surface area contributed by atoms with Crippen molar-refractivity contribution >= 4 is 22.4 Å². The van der Waals surface area contributed by atoms with E-state index in [0.29, 0.717) is 12.0 Å². The third-order valence-corrected chi connectivity index (χ3v) is 5.79. The third kappa shape index (κ3) is 3.95. The topological polar surface area (TPSA) is 68.9 Å². The summed E-state index contributed by atoms with van der Waals surface area (Å²) in [6.45, 7) is 3.20. The summed E-state index contributed by atoms with van der Waals surface area (Å²) in [6, 6.07) is 20.5. The highest BCUT2D eigenvalue weighted by Gasteiger charge is 2.22. The molecule has 4 aromatic rings. The van der Waals surface area contributed by atoms with Gasteiger partial charge in [0.25, 0.3) is 0 Å². The Bertz CT molecular complexity index is 1290. The molecule has 0 N–H and O–H groups in total. The minimum Gasteiger partial charge on any atom is -0.353 e. The van der Waals surface area contributed by atoms with Gasteiger partial charge < -0.3 is 9.80 Å². The molecule has 0 radical (unpaired) electrons. The Morgan fingerprint density at radius 3 is 2.38 bits per heavy atom. The van der Waals surface area contributed by atoms with Gasteiger partial charge in [-0.3, -0.25) is 0 Å². The maximum atomic E-state index is 13.6. The molecule has 0 spiro atoms. The summed E-state index contributed by atoms with van der Waals surface area (Å²) < 4.78 is 13.6. The van der Waals surface area contributed by atoms with E-state index >= 15 is 0 Å². The van der Waals surface area contributed by atoms with Crippen molar-refractivity contribution in [3.63, 3.8) is 0 Å². The van der Waals surface area contributed by atoms with Crippen molar-refractivity contribution in [2.24, 2.45) is 0 Å². The van der Waals surface area contributed by atoms with Gasteiger partial charge in [-0.15, -0.1) is 5.10 Å². The first-order valence-electron chi connectivity index (χ1n) is 10.6. The van der Waals surface area contributed by atoms with Gasteiger partial charge in [0.15, 0.2) is 5.82 Å². The standard InChI is InChI=1S/C25H21FN6/c26-20-5-3-4-18(14-20)15-23-21-6-1-2-7-22(21)25(30-29-23)32-12-10-31(11-13-32)24-9-8-19(16-27)17-28-24/h1-9,14,17H,10-13,15H2. The number of hydrogen-bond acceptors (Lipinski definition) is 6. The lowest BCUT2D eigenvalue weighted by Gasteiger charge is -2.36. The number of benzene rings is 2. The largest absolute Gasteiger partial charge is 0.353 e. The molecule has 32 heavy (non-hydrogen) atoms. The first-order valence-corrected chi connectivity index (χ1v) is 10.6. The Morgan fingerprint density at radius 1 is 0.875 bits per heavy atom. The van der Waals surface area contributed by atoms with Crippen LogP contribution in [0.4, 0.5) is 16.0 Å². The number of rotatable bonds is 4. The van der Waals surface area contributed by atoms with Crippen LogP contribution in [-0.2, 0) is 6.42 Å². The normalized spacial score (nSPS) is 13.9. The summed E-state index contributed by atoms with van der Waals surface area (Å²) in [5.74, 6) is 1.51. The Labute approximate surface area is 185 Å². The molecule has 1 saturated heterocycles. The fraction of sp³-hybridized carbons (Fsp3) is 0.200. The molecule has 2 aromatic carbocycles. The number of anilines is 2. The number of halogens is 1. The smallest absolute Gasteiger partial charge is 0.159 e. The van der Waals surface area contributed by atoms with Crippen LogP contribution in [0.15, 0.2) is 66.9 Å². The molecule has 0 saturated carbocycles. The van der Waals surface area contributed by atoms with Gasteiger partial charge in [0.05, 0.1) is 11.3 Å². The zero-order valence-corrected chi connectivity index (χ0v) is 17.4. The molecule has 0 atom stereocenters. The number of aromatic nitrogens is 3. The quantitative estimate of drug-likeness (QED) is 0.494. The Morgan fingerprint density at radius 2 is 1.66 bits per heavy atom. The van der Waals surface area contributed by atoms with Gasteiger partial charge in [-0.05, 0) is 29.8 Å². The van der Waals surface area contributed by atoms with Crippen LogP contribution in [0.25, 0.3) is 10.8 Å². The van der Waals surface area contributed by atoms with E-state index in [1.54, 1.807) is 24.4 Å². The predicted octanol–water partition coefficient (Wildman–Crippen LogP) is 3.95. The molecule has 0 amide bonds. The van der Waals surface area contributed by atoms with Crippen molar-refractivity contribution in [3.8, 4) is 6.07 Å². The number of nitriles is 1. The first-order chi connectivity index (χ1) is 15.7. The molecule has 1 aliphatic rings. The van der Waals surface area contributed by atoms with Crippen LogP contribution in [0.1, 0.15) is 16.8 Å². The molecule has 1 aliphatic heterocycles. The van der Waals surface area contributed by atoms with E-state index < -0.39 is 0 Å². The summed E-state index contributed by atoms with van der Waals surface area (Å²) in [5, 5.41) is 20.2. The van der Waals surface area contributed by atoms with Gasteiger partial charge in [0.1, 0.15) is 17.7 Å². The highest BCUT2D eigenvalue weighted by atomic mass is 19.1. The fourth-order valence-electron chi connectivity index (χ4n) is 4.14. The summed E-state index contributed by atoms with van der Waals surface area (Å²) in [7, 11) is 0. The summed E-state index contributed by atoms with van der Waals surface area (Å²) >= 11 is 0. The van der Waals surface area contributed by atoms with E-state index in [9.17, 15) is 4.39 Å². The second-order valence-electron chi connectivity index (χ2n) is 7.81. The maximum Gasteiger partial charge on any atom is 0.159 e. The minimum atomic E-state index is -0.244. The number of piperazine rings is 1. The van der Waals surface area contributed by atoms with Crippen LogP contribution in [0.2, 0.25) is 0 Å². The number of fused-ring (bicyclic) bond motifs is 1. The van der Waals surface area contributed by atoms with Crippen molar-refractivity contribution in [2.75, 3.05) is 36.0 Å². The number of nitrogens with zero attached hydrogens (tertiary/aromatic N) is 6. The minimum absolute atomic E-state index is 0.244. The summed E-state index contributed by atoms with van der Waals surface area (Å²) in [6.07, 6.45) is 2.14. The lowest BCUT2D eigenvalue weighted by atomic mass is 10.0. The van der Waals surface area contributed by atoms with E-state index in [4.69, 9.17) is 5.26 Å². The van der Waals surface area contributed by atoms with Crippen LogP contribution >= 0.6 is 0 Å². The third-order valence-electron chi connectivity index (χ3n) is 5.79. The molecule has 5 rings (SSSR count). The van der Waals surface area contributed by atoms with E-state index in [1.165, 1.54) is 6.07 Å². The molecule has 7 heteroatoms. The van der Waals surface area contributed by atoms with Gasteiger partial charge in [-0.1, -0.05) is 36.4 Å². The SMILES string of the molecule is N#Cc1ccc(N2CCN(c3nnc(Cc4cccc(F)c4)c4ccccc34)CC2)nc1. The van der Waals surface area contributed by atoms with Gasteiger partial charge in [0, 0.05) is 49.6 Å². The van der Waals surface area contributed by atoms with Crippen LogP contribution in [0, 0.1) is 17.1 Å². The number of hydrogen-bond donors (Lipinski definition) is 0. The first kappa shape index (κ1) is 19.9. The fourth-order valence-corrected chi connectivity index (χ4v) is 4.14. The second-order valence-corrected chi connectivity index (χ2v) is 7.81. The number of pyridine rings is 1. The van der Waals surface area contributed by atoms with Gasteiger partial charge in [-0.2, -0.15) is 10.4 Å². The van der Waals surface area contributed by atoms with Gasteiger partial charge in [-0.25, -0.2) is 9.37 Å². The lowest BCUT2D eigenvalue weighted by Crippen LogP contribution is -2.47. The molecule has 3 heterocycles. The van der Waals surface area contributed by atoms with Crippen LogP contribution in [-0.4, -0.2) is 41.4 Å². The Balaban J connectivity index is 1.37. The van der Waals surface area contributed by atoms with E-state index in [-0.39, 0.29) is 5.82 Å². The van der Waals surface area contributed by atoms with Crippen molar-refractivity contribution in [2.45, 2.75) is 6.42 Å². The zero-order chi connectivity index (χ0) is 21.9. The predicted molar refractivity (Wildman–Crippen MR) is 122 cm³/mol. The molecule has 2 aromatic heterocycles. The summed E-state index contributed by atoms with van der Waals surface area (Å²) in [5.41, 5.74) is 2.28. The lowest BCUT2D eigenvalue weighted by molar-refractivity contribution is 0.626. The maximum absolute atomic E-state index is 13.6. The van der Waals surface area contributed by atoms with Crippen molar-refractivity contribution in [1.29, 1.82) is 5.26 Å². The summed E-state index contributed by atoms with van der Waals surface area (Å²) in [4.78, 5) is 8.87. The molecule has 0 unspecified atom stereocenters. The van der Waals surface area contributed by atoms with Gasteiger partial charge >= 0.3 is 0 Å². The average Bonchev–Trinajstić information content (AvgIpc) is 2.85. The van der Waals surface area contributed by atoms with E-state index in [0.717, 1.165) is 59.8 Å². The molecule has 1 fully saturated rings. The van der Waals surface area contributed by atoms with Crippen LogP contribution < -0.4 is 9.80 Å². The van der Waals surface area contributed by atoms with Gasteiger partial charge in [0.2, 0.25) is 0 Å². The van der Waals surface area contributed by atoms with Crippen LogP contribution in [0.3, 0.4) is 0 Å². The van der Waals surface area contributed by atoms with E-state index in [2.05, 4.69) is 43.2 Å². The highest BCUT2D eigenvalue weighted by molar-refractivity contribution is 5.93. The zero-order valence-electron chi connectivity index (χ0n) is 17.4. The van der Waals surface area contributed by atoms with Crippen molar-refractivity contribution in [3.05, 3.63) is 89.5 Å². The Kier molecular flexibility index (Phi) is 5.34. The van der Waals surface area contributed by atoms with Crippen LogP contribution in [0.5, 0.6) is 0 Å². The van der Waals surface area contributed by atoms with Crippen molar-refractivity contribution < 1.29 is 4.39 Å². The second kappa shape index (κ2) is 8.60. The van der Waals surface area contributed by atoms with Crippen molar-refractivity contribution in [1.82, 2.24) is 15.2 Å². The Hall–Kier alpha value is -4.05. The average molecular weight is 424 g/mol. The highest BCUT2D eigenvalue weighted by Crippen LogP contribution is 2.28. The molecule has 158 valence electrons. The molecular weight excluding hydrogens is 403 g/mol. The molecular formula is C25H21FN6.